The number of hydrogen-bond acceptors (Lipinski definition) is 4. The van der Waals surface area contributed by atoms with Crippen LogP contribution in [0.3, 0.4) is 0 Å². The van der Waals surface area contributed by atoms with E-state index < -0.39 is 8.32 Å². The molecule has 1 aliphatic rings. The zero-order valence-corrected chi connectivity index (χ0v) is 24.7. The van der Waals surface area contributed by atoms with Gasteiger partial charge in [-0.1, -0.05) is 82.3 Å². The van der Waals surface area contributed by atoms with Crippen molar-refractivity contribution in [2.45, 2.75) is 103 Å². The summed E-state index contributed by atoms with van der Waals surface area (Å²) in [6, 6.07) is 10.6. The first-order chi connectivity index (χ1) is 16.9. The highest BCUT2D eigenvalue weighted by atomic mass is 28.4. The van der Waals surface area contributed by atoms with Crippen LogP contribution in [0.15, 0.2) is 54.6 Å². The predicted molar refractivity (Wildman–Crippen MR) is 152 cm³/mol. The Labute approximate surface area is 221 Å². The number of hydrogen-bond donors (Lipinski definition) is 1. The minimum absolute atomic E-state index is 0.0746. The number of allylic oxidation sites excluding steroid dienone is 3. The minimum Gasteiger partial charge on any atom is -0.469 e. The Bertz CT molecular complexity index is 840. The zero-order valence-electron chi connectivity index (χ0n) is 23.7. The fourth-order valence-corrected chi connectivity index (χ4v) is 6.14. The number of carbonyl (C=O) groups excluding carboxylic acids is 1. The van der Waals surface area contributed by atoms with Gasteiger partial charge in [-0.15, -0.1) is 0 Å². The highest BCUT2D eigenvalue weighted by molar-refractivity contribution is 6.74. The maximum absolute atomic E-state index is 11.3. The van der Waals surface area contributed by atoms with Crippen LogP contribution in [0.25, 0.3) is 0 Å². The van der Waals surface area contributed by atoms with Crippen molar-refractivity contribution >= 4 is 14.3 Å². The van der Waals surface area contributed by atoms with E-state index in [1.807, 2.05) is 0 Å². The topological polar surface area (TPSA) is 55.8 Å². The third kappa shape index (κ3) is 9.64. The summed E-state index contributed by atoms with van der Waals surface area (Å²) in [6.07, 6.45) is 14.5. The molecule has 0 bridgehead atoms. The summed E-state index contributed by atoms with van der Waals surface area (Å²) >= 11 is 0. The molecule has 1 aromatic carbocycles. The standard InChI is InChI=1S/C31H50O4Si/c1-24-23-29(32)28(17-13-8-9-14-18-30(33)34-5)27(24)22-21-26(35-36(6,7)31(2,3)4)20-19-25-15-11-10-12-16-25/h8,10-13,15-16,21-22,24,26-29,32H,9,14,17-20,23H2,1-7H3/b13-8-,22-21+/t24?,26?,27-,28?,29?/m0/s1. The van der Waals surface area contributed by atoms with E-state index in [-0.39, 0.29) is 29.1 Å². The molecule has 0 saturated heterocycles. The summed E-state index contributed by atoms with van der Waals surface area (Å²) in [5.41, 5.74) is 1.34. The second kappa shape index (κ2) is 14.3. The van der Waals surface area contributed by atoms with Gasteiger partial charge in [-0.25, -0.2) is 0 Å². The van der Waals surface area contributed by atoms with E-state index in [1.165, 1.54) is 12.7 Å². The fraction of sp³-hybridized carbons (Fsp3) is 0.645. The Balaban J connectivity index is 2.07. The average molecular weight is 515 g/mol. The smallest absolute Gasteiger partial charge is 0.305 e. The largest absolute Gasteiger partial charge is 0.469 e. The van der Waals surface area contributed by atoms with Crippen molar-refractivity contribution in [3.05, 3.63) is 60.2 Å². The van der Waals surface area contributed by atoms with Gasteiger partial charge in [-0.3, -0.25) is 4.79 Å². The van der Waals surface area contributed by atoms with E-state index in [9.17, 15) is 9.90 Å². The number of rotatable bonds is 13. The third-order valence-electron chi connectivity index (χ3n) is 8.17. The summed E-state index contributed by atoms with van der Waals surface area (Å²) in [7, 11) is -0.491. The third-order valence-corrected chi connectivity index (χ3v) is 12.7. The lowest BCUT2D eigenvalue weighted by Crippen LogP contribution is -2.43. The van der Waals surface area contributed by atoms with Crippen molar-refractivity contribution in [3.8, 4) is 0 Å². The molecular formula is C31H50O4Si. The number of aryl methyl sites for hydroxylation is 1. The van der Waals surface area contributed by atoms with Crippen molar-refractivity contribution in [3.63, 3.8) is 0 Å². The van der Waals surface area contributed by atoms with Crippen LogP contribution >= 0.6 is 0 Å². The van der Waals surface area contributed by atoms with E-state index in [0.29, 0.717) is 18.3 Å². The molecule has 5 heteroatoms. The second-order valence-corrected chi connectivity index (χ2v) is 16.8. The molecule has 5 atom stereocenters. The van der Waals surface area contributed by atoms with Crippen LogP contribution in [0.5, 0.6) is 0 Å². The maximum atomic E-state index is 11.3. The lowest BCUT2D eigenvalue weighted by Gasteiger charge is -2.39. The van der Waals surface area contributed by atoms with Gasteiger partial charge in [-0.05, 0) is 80.0 Å². The Morgan fingerprint density at radius 3 is 2.53 bits per heavy atom. The molecule has 0 heterocycles. The molecule has 36 heavy (non-hydrogen) atoms. The fourth-order valence-electron chi connectivity index (χ4n) is 4.83. The van der Waals surface area contributed by atoms with Crippen LogP contribution in [0.1, 0.15) is 71.8 Å². The molecule has 1 saturated carbocycles. The molecule has 0 radical (unpaired) electrons. The summed E-state index contributed by atoms with van der Waals surface area (Å²) in [5, 5.41) is 11.0. The summed E-state index contributed by atoms with van der Waals surface area (Å²) < 4.78 is 11.6. The van der Waals surface area contributed by atoms with Gasteiger partial charge >= 0.3 is 5.97 Å². The van der Waals surface area contributed by atoms with Crippen LogP contribution in [-0.4, -0.2) is 38.7 Å². The van der Waals surface area contributed by atoms with Gasteiger partial charge in [-0.2, -0.15) is 0 Å². The molecule has 0 aliphatic heterocycles. The quantitative estimate of drug-likeness (QED) is 0.128. The van der Waals surface area contributed by atoms with E-state index in [2.05, 4.69) is 95.4 Å². The molecule has 0 aromatic heterocycles. The Kier molecular flexibility index (Phi) is 12.1. The van der Waals surface area contributed by atoms with E-state index in [0.717, 1.165) is 38.5 Å². The van der Waals surface area contributed by atoms with Crippen LogP contribution in [0, 0.1) is 17.8 Å². The number of ether oxygens (including phenoxy) is 1. The van der Waals surface area contributed by atoms with Crippen LogP contribution in [0.2, 0.25) is 18.1 Å². The van der Waals surface area contributed by atoms with Crippen molar-refractivity contribution < 1.29 is 19.1 Å². The molecule has 2 rings (SSSR count). The van der Waals surface area contributed by atoms with Gasteiger partial charge in [0.05, 0.1) is 19.3 Å². The number of methoxy groups -OCH3 is 1. The number of benzene rings is 1. The lowest BCUT2D eigenvalue weighted by atomic mass is 9.86. The Morgan fingerprint density at radius 2 is 1.89 bits per heavy atom. The Hall–Kier alpha value is -1.69. The average Bonchev–Trinajstić information content (AvgIpc) is 3.09. The van der Waals surface area contributed by atoms with Crippen LogP contribution < -0.4 is 0 Å². The van der Waals surface area contributed by atoms with Gasteiger partial charge in [0.1, 0.15) is 0 Å². The molecule has 4 unspecified atom stereocenters. The number of esters is 1. The van der Waals surface area contributed by atoms with Gasteiger partial charge in [0.15, 0.2) is 8.32 Å². The zero-order chi connectivity index (χ0) is 26.8. The summed E-state index contributed by atoms with van der Waals surface area (Å²) in [4.78, 5) is 11.3. The van der Waals surface area contributed by atoms with Crippen LogP contribution in [-0.2, 0) is 20.4 Å². The van der Waals surface area contributed by atoms with Crippen molar-refractivity contribution in [1.29, 1.82) is 0 Å². The molecule has 4 nitrogen and oxygen atoms in total. The second-order valence-electron chi connectivity index (χ2n) is 12.0. The molecule has 202 valence electrons. The van der Waals surface area contributed by atoms with Gasteiger partial charge in [0, 0.05) is 6.42 Å². The lowest BCUT2D eigenvalue weighted by molar-refractivity contribution is -0.140. The number of unbranched alkanes of at least 4 members (excludes halogenated alkanes) is 1. The van der Waals surface area contributed by atoms with E-state index >= 15 is 0 Å². The molecule has 1 aromatic rings. The number of aliphatic hydroxyl groups is 1. The highest BCUT2D eigenvalue weighted by Gasteiger charge is 2.40. The summed E-state index contributed by atoms with van der Waals surface area (Å²) in [6.45, 7) is 13.8. The number of carbonyl (C=O) groups is 1. The van der Waals surface area contributed by atoms with Crippen molar-refractivity contribution in [1.82, 2.24) is 0 Å². The molecule has 1 fully saturated rings. The van der Waals surface area contributed by atoms with E-state index in [1.54, 1.807) is 0 Å². The molecular weight excluding hydrogens is 464 g/mol. The first-order valence-corrected chi connectivity index (χ1v) is 16.7. The molecule has 0 amide bonds. The van der Waals surface area contributed by atoms with Crippen molar-refractivity contribution in [2.75, 3.05) is 7.11 Å². The van der Waals surface area contributed by atoms with Crippen molar-refractivity contribution in [2.24, 2.45) is 17.8 Å². The molecule has 1 N–H and O–H groups in total. The van der Waals surface area contributed by atoms with E-state index in [4.69, 9.17) is 9.16 Å². The first kappa shape index (κ1) is 30.5. The normalized spacial score (nSPS) is 24.0. The first-order valence-electron chi connectivity index (χ1n) is 13.7. The monoisotopic (exact) mass is 514 g/mol. The predicted octanol–water partition coefficient (Wildman–Crippen LogP) is 7.49. The SMILES string of the molecule is COC(=O)CCC/C=C\CC1C(O)CC(C)[C@@H]1/C=C/C(CCc1ccccc1)O[Si](C)(C)C(C)(C)C. The summed E-state index contributed by atoms with van der Waals surface area (Å²) in [5.74, 6) is 0.838. The van der Waals surface area contributed by atoms with Gasteiger partial charge in [0.25, 0.3) is 0 Å². The molecule has 1 aliphatic carbocycles. The maximum Gasteiger partial charge on any atom is 0.305 e. The molecule has 0 spiro atoms. The Morgan fingerprint density at radius 1 is 1.19 bits per heavy atom. The van der Waals surface area contributed by atoms with Gasteiger partial charge in [0.2, 0.25) is 0 Å². The highest BCUT2D eigenvalue weighted by Crippen LogP contribution is 2.41. The number of aliphatic hydroxyl groups excluding tert-OH is 1. The minimum atomic E-state index is -1.92. The van der Waals surface area contributed by atoms with Gasteiger partial charge < -0.3 is 14.3 Å². The van der Waals surface area contributed by atoms with Crippen LogP contribution in [0.4, 0.5) is 0 Å².